The fourth-order valence-electron chi connectivity index (χ4n) is 3.36. The number of nitrogens with one attached hydrogen (secondary N) is 2. The van der Waals surface area contributed by atoms with Crippen LogP contribution < -0.4 is 15.4 Å². The van der Waals surface area contributed by atoms with Crippen LogP contribution in [-0.4, -0.2) is 24.6 Å². The molecule has 2 aromatic carbocycles. The minimum Gasteiger partial charge on any atom is -0.483 e. The molecule has 0 aromatic heterocycles. The van der Waals surface area contributed by atoms with E-state index in [-0.39, 0.29) is 12.6 Å². The van der Waals surface area contributed by atoms with Crippen LogP contribution in [0.2, 0.25) is 0 Å². The van der Waals surface area contributed by atoms with Crippen molar-refractivity contribution in [2.24, 2.45) is 5.92 Å². The smallest absolute Gasteiger partial charge is 0.321 e. The van der Waals surface area contributed by atoms with Crippen molar-refractivity contribution in [1.29, 1.82) is 0 Å². The predicted molar refractivity (Wildman–Crippen MR) is 97.5 cm³/mol. The SMILES string of the molecule is C[C@@H]1CCCC[C@H]1NC(=O)NC(=O)COc1cccc2ccccc12. The molecule has 2 atom stereocenters. The van der Waals surface area contributed by atoms with E-state index in [9.17, 15) is 9.59 Å². The molecule has 3 amide bonds. The second-order valence-corrected chi connectivity index (χ2v) is 6.66. The minimum atomic E-state index is -0.450. The first-order valence-electron chi connectivity index (χ1n) is 8.84. The molecule has 2 aromatic rings. The van der Waals surface area contributed by atoms with E-state index < -0.39 is 11.9 Å². The Hall–Kier alpha value is -2.56. The van der Waals surface area contributed by atoms with Crippen molar-refractivity contribution in [3.8, 4) is 5.75 Å². The molecule has 25 heavy (non-hydrogen) atoms. The average molecular weight is 340 g/mol. The second kappa shape index (κ2) is 8.01. The van der Waals surface area contributed by atoms with E-state index in [1.807, 2.05) is 42.5 Å². The molecule has 5 heteroatoms. The molecule has 0 heterocycles. The summed E-state index contributed by atoms with van der Waals surface area (Å²) in [6, 6.07) is 13.2. The van der Waals surface area contributed by atoms with E-state index in [2.05, 4.69) is 17.6 Å². The first-order chi connectivity index (χ1) is 12.1. The highest BCUT2D eigenvalue weighted by atomic mass is 16.5. The molecule has 1 aliphatic carbocycles. The van der Waals surface area contributed by atoms with Crippen LogP contribution in [0.25, 0.3) is 10.8 Å². The van der Waals surface area contributed by atoms with Crippen LogP contribution in [0.5, 0.6) is 5.75 Å². The van der Waals surface area contributed by atoms with Crippen molar-refractivity contribution >= 4 is 22.7 Å². The number of benzene rings is 2. The molecule has 0 radical (unpaired) electrons. The van der Waals surface area contributed by atoms with Gasteiger partial charge in [-0.05, 0) is 30.2 Å². The van der Waals surface area contributed by atoms with Gasteiger partial charge in [0.1, 0.15) is 5.75 Å². The van der Waals surface area contributed by atoms with Gasteiger partial charge >= 0.3 is 6.03 Å². The third-order valence-electron chi connectivity index (χ3n) is 4.79. The summed E-state index contributed by atoms with van der Waals surface area (Å²) < 4.78 is 5.60. The number of ether oxygens (including phenoxy) is 1. The monoisotopic (exact) mass is 340 g/mol. The van der Waals surface area contributed by atoms with Crippen molar-refractivity contribution in [3.05, 3.63) is 42.5 Å². The third-order valence-corrected chi connectivity index (χ3v) is 4.79. The highest BCUT2D eigenvalue weighted by Gasteiger charge is 2.23. The second-order valence-electron chi connectivity index (χ2n) is 6.66. The lowest BCUT2D eigenvalue weighted by Crippen LogP contribution is -2.48. The molecule has 0 spiro atoms. The summed E-state index contributed by atoms with van der Waals surface area (Å²) in [5.41, 5.74) is 0. The molecule has 5 nitrogen and oxygen atoms in total. The van der Waals surface area contributed by atoms with Gasteiger partial charge < -0.3 is 10.1 Å². The zero-order valence-electron chi connectivity index (χ0n) is 14.5. The fourth-order valence-corrected chi connectivity index (χ4v) is 3.36. The van der Waals surface area contributed by atoms with E-state index in [0.717, 1.165) is 30.0 Å². The molecular weight excluding hydrogens is 316 g/mol. The minimum absolute atomic E-state index is 0.139. The molecular formula is C20H24N2O3. The van der Waals surface area contributed by atoms with E-state index in [1.165, 1.54) is 6.42 Å². The number of urea groups is 1. The van der Waals surface area contributed by atoms with Gasteiger partial charge in [0.25, 0.3) is 5.91 Å². The lowest BCUT2D eigenvalue weighted by molar-refractivity contribution is -0.122. The Labute approximate surface area is 147 Å². The summed E-state index contributed by atoms with van der Waals surface area (Å²) in [4.78, 5) is 24.0. The normalized spacial score (nSPS) is 20.0. The van der Waals surface area contributed by atoms with Crippen LogP contribution in [0.15, 0.2) is 42.5 Å². The maximum Gasteiger partial charge on any atom is 0.321 e. The summed E-state index contributed by atoms with van der Waals surface area (Å²) in [6.45, 7) is 1.94. The number of carbonyl (C=O) groups is 2. The van der Waals surface area contributed by atoms with Crippen LogP contribution in [0.3, 0.4) is 0 Å². The lowest BCUT2D eigenvalue weighted by atomic mass is 9.86. The molecule has 1 fully saturated rings. The molecule has 132 valence electrons. The van der Waals surface area contributed by atoms with Gasteiger partial charge in [0.2, 0.25) is 0 Å². The zero-order valence-corrected chi connectivity index (χ0v) is 14.5. The number of hydrogen-bond donors (Lipinski definition) is 2. The quantitative estimate of drug-likeness (QED) is 0.893. The number of imide groups is 1. The molecule has 1 aliphatic rings. The number of hydrogen-bond acceptors (Lipinski definition) is 3. The van der Waals surface area contributed by atoms with Gasteiger partial charge in [-0.25, -0.2) is 4.79 Å². The molecule has 0 bridgehead atoms. The van der Waals surface area contributed by atoms with Crippen LogP contribution >= 0.6 is 0 Å². The van der Waals surface area contributed by atoms with Gasteiger partial charge in [0.05, 0.1) is 0 Å². The lowest BCUT2D eigenvalue weighted by Gasteiger charge is -2.29. The van der Waals surface area contributed by atoms with E-state index in [0.29, 0.717) is 11.7 Å². The van der Waals surface area contributed by atoms with Gasteiger partial charge in [-0.3, -0.25) is 10.1 Å². The van der Waals surface area contributed by atoms with Gasteiger partial charge in [-0.1, -0.05) is 56.2 Å². The van der Waals surface area contributed by atoms with Gasteiger partial charge in [0.15, 0.2) is 6.61 Å². The Morgan fingerprint density at radius 1 is 1.08 bits per heavy atom. The van der Waals surface area contributed by atoms with Crippen LogP contribution in [0, 0.1) is 5.92 Å². The standard InChI is InChI=1S/C20H24N2O3/c1-14-7-2-5-11-17(14)21-20(24)22-19(23)13-25-18-12-6-9-15-8-3-4-10-16(15)18/h3-4,6,8-10,12,14,17H,2,5,7,11,13H2,1H3,(H2,21,22,23,24)/t14-,17-/m1/s1. The van der Waals surface area contributed by atoms with E-state index in [4.69, 9.17) is 4.74 Å². The first-order valence-corrected chi connectivity index (χ1v) is 8.84. The molecule has 0 saturated heterocycles. The summed E-state index contributed by atoms with van der Waals surface area (Å²) in [5, 5.41) is 7.24. The van der Waals surface area contributed by atoms with Crippen molar-refractivity contribution in [3.63, 3.8) is 0 Å². The predicted octanol–water partition coefficient (Wildman–Crippen LogP) is 3.62. The van der Waals surface area contributed by atoms with Gasteiger partial charge in [0, 0.05) is 11.4 Å². The van der Waals surface area contributed by atoms with Crippen molar-refractivity contribution in [2.45, 2.75) is 38.6 Å². The fraction of sp³-hybridized carbons (Fsp3) is 0.400. The Morgan fingerprint density at radius 2 is 1.84 bits per heavy atom. The number of amides is 3. The zero-order chi connectivity index (χ0) is 17.6. The molecule has 3 rings (SSSR count). The maximum absolute atomic E-state index is 12.0. The molecule has 0 aliphatic heterocycles. The van der Waals surface area contributed by atoms with Crippen LogP contribution in [0.4, 0.5) is 4.79 Å². The molecule has 1 saturated carbocycles. The Bertz CT molecular complexity index is 754. The van der Waals surface area contributed by atoms with Crippen molar-refractivity contribution in [1.82, 2.24) is 10.6 Å². The third kappa shape index (κ3) is 4.50. The summed E-state index contributed by atoms with van der Waals surface area (Å²) in [6.07, 6.45) is 4.41. The van der Waals surface area contributed by atoms with Crippen molar-refractivity contribution < 1.29 is 14.3 Å². The van der Waals surface area contributed by atoms with Gasteiger partial charge in [-0.15, -0.1) is 0 Å². The molecule has 2 N–H and O–H groups in total. The van der Waals surface area contributed by atoms with Crippen LogP contribution in [0.1, 0.15) is 32.6 Å². The molecule has 0 unspecified atom stereocenters. The van der Waals surface area contributed by atoms with Crippen LogP contribution in [-0.2, 0) is 4.79 Å². The summed E-state index contributed by atoms with van der Waals surface area (Å²) in [7, 11) is 0. The van der Waals surface area contributed by atoms with Gasteiger partial charge in [-0.2, -0.15) is 0 Å². The largest absolute Gasteiger partial charge is 0.483 e. The number of fused-ring (bicyclic) bond motifs is 1. The Kier molecular flexibility index (Phi) is 5.53. The first kappa shape index (κ1) is 17.3. The number of rotatable bonds is 4. The highest BCUT2D eigenvalue weighted by Crippen LogP contribution is 2.25. The topological polar surface area (TPSA) is 67.4 Å². The Balaban J connectivity index is 1.51. The summed E-state index contributed by atoms with van der Waals surface area (Å²) in [5.74, 6) is 0.630. The average Bonchev–Trinajstić information content (AvgIpc) is 2.62. The van der Waals surface area contributed by atoms with E-state index in [1.54, 1.807) is 0 Å². The highest BCUT2D eigenvalue weighted by molar-refractivity contribution is 5.95. The van der Waals surface area contributed by atoms with E-state index >= 15 is 0 Å². The summed E-state index contributed by atoms with van der Waals surface area (Å²) >= 11 is 0. The Morgan fingerprint density at radius 3 is 2.68 bits per heavy atom. The maximum atomic E-state index is 12.0. The van der Waals surface area contributed by atoms with Crippen molar-refractivity contribution in [2.75, 3.05) is 6.61 Å². The number of carbonyl (C=O) groups excluding carboxylic acids is 2.